The summed E-state index contributed by atoms with van der Waals surface area (Å²) in [4.78, 5) is 24.4. The monoisotopic (exact) mass is 399 g/mol. The van der Waals surface area contributed by atoms with Gasteiger partial charge >= 0.3 is 0 Å². The van der Waals surface area contributed by atoms with Crippen molar-refractivity contribution >= 4 is 45.0 Å². The van der Waals surface area contributed by atoms with Gasteiger partial charge in [0.1, 0.15) is 17.8 Å². The van der Waals surface area contributed by atoms with Crippen LogP contribution in [0.2, 0.25) is 0 Å². The zero-order chi connectivity index (χ0) is 17.6. The number of benzene rings is 1. The highest BCUT2D eigenvalue weighted by Gasteiger charge is 2.10. The number of rotatable bonds is 5. The first-order valence-electron chi connectivity index (χ1n) is 7.24. The van der Waals surface area contributed by atoms with Crippen molar-refractivity contribution in [3.05, 3.63) is 65.0 Å². The molecule has 1 amide bonds. The number of aromatic nitrogens is 3. The van der Waals surface area contributed by atoms with Crippen LogP contribution in [-0.2, 0) is 0 Å². The van der Waals surface area contributed by atoms with E-state index in [9.17, 15) is 4.79 Å². The molecule has 0 fully saturated rings. The van der Waals surface area contributed by atoms with Gasteiger partial charge in [0.05, 0.1) is 0 Å². The van der Waals surface area contributed by atoms with E-state index in [1.54, 1.807) is 42.6 Å². The van der Waals surface area contributed by atoms with Crippen LogP contribution < -0.4 is 21.9 Å². The fraction of sp³-hybridized carbons (Fsp3) is 0. The number of nitrogen functional groups attached to an aromatic ring is 1. The van der Waals surface area contributed by atoms with Gasteiger partial charge in [-0.1, -0.05) is 22.0 Å². The third-order valence-electron chi connectivity index (χ3n) is 3.20. The minimum absolute atomic E-state index is 0.254. The minimum Gasteiger partial charge on any atom is -0.393 e. The zero-order valence-corrected chi connectivity index (χ0v) is 14.5. The molecule has 3 aromatic rings. The minimum atomic E-state index is -0.315. The third kappa shape index (κ3) is 4.21. The van der Waals surface area contributed by atoms with Gasteiger partial charge in [0, 0.05) is 16.2 Å². The lowest BCUT2D eigenvalue weighted by atomic mass is 10.2. The average Bonchev–Trinajstić information content (AvgIpc) is 2.63. The van der Waals surface area contributed by atoms with E-state index in [4.69, 9.17) is 5.73 Å². The smallest absolute Gasteiger partial charge is 0.269 e. The molecule has 0 bridgehead atoms. The summed E-state index contributed by atoms with van der Waals surface area (Å²) in [6.45, 7) is 0. The van der Waals surface area contributed by atoms with E-state index in [0.29, 0.717) is 17.2 Å². The van der Waals surface area contributed by atoms with Gasteiger partial charge in [0.15, 0.2) is 11.6 Å². The van der Waals surface area contributed by atoms with Crippen LogP contribution in [0.5, 0.6) is 0 Å². The number of nitrogens with two attached hydrogens (primary N) is 1. The van der Waals surface area contributed by atoms with Gasteiger partial charge in [-0.05, 0) is 36.4 Å². The van der Waals surface area contributed by atoms with Crippen LogP contribution in [0.1, 0.15) is 10.4 Å². The van der Waals surface area contributed by atoms with Gasteiger partial charge in [-0.25, -0.2) is 15.0 Å². The van der Waals surface area contributed by atoms with Crippen LogP contribution in [0, 0.1) is 0 Å². The van der Waals surface area contributed by atoms with Gasteiger partial charge in [-0.2, -0.15) is 0 Å². The Morgan fingerprint density at radius 3 is 2.48 bits per heavy atom. The number of carbonyl (C=O) groups is 1. The summed E-state index contributed by atoms with van der Waals surface area (Å²) in [6.07, 6.45) is 2.98. The van der Waals surface area contributed by atoms with Crippen molar-refractivity contribution in [3.8, 4) is 0 Å². The van der Waals surface area contributed by atoms with Crippen LogP contribution in [0.15, 0.2) is 59.5 Å². The predicted octanol–water partition coefficient (Wildman–Crippen LogP) is 2.72. The molecule has 0 aliphatic heterocycles. The number of carbonyl (C=O) groups excluding carboxylic acids is 1. The van der Waals surface area contributed by atoms with Crippen molar-refractivity contribution in [3.63, 3.8) is 0 Å². The number of anilines is 4. The normalized spacial score (nSPS) is 10.1. The maximum absolute atomic E-state index is 12.1. The molecule has 0 saturated carbocycles. The summed E-state index contributed by atoms with van der Waals surface area (Å²) in [6, 6.07) is 12.4. The third-order valence-corrected chi connectivity index (χ3v) is 3.72. The zero-order valence-electron chi connectivity index (χ0n) is 12.9. The Hall–Kier alpha value is -3.20. The Labute approximate surface area is 152 Å². The lowest BCUT2D eigenvalue weighted by Gasteiger charge is -2.12. The largest absolute Gasteiger partial charge is 0.393 e. The van der Waals surface area contributed by atoms with Crippen LogP contribution in [0.4, 0.5) is 23.1 Å². The van der Waals surface area contributed by atoms with Crippen molar-refractivity contribution in [2.45, 2.75) is 0 Å². The van der Waals surface area contributed by atoms with Crippen LogP contribution in [0.3, 0.4) is 0 Å². The molecule has 0 radical (unpaired) electrons. The number of halogens is 1. The second-order valence-electron chi connectivity index (χ2n) is 4.91. The molecule has 1 aromatic carbocycles. The number of hydrogen-bond acceptors (Lipinski definition) is 7. The fourth-order valence-electron chi connectivity index (χ4n) is 1.94. The van der Waals surface area contributed by atoms with Crippen LogP contribution >= 0.6 is 15.9 Å². The van der Waals surface area contributed by atoms with Gasteiger partial charge in [0.25, 0.3) is 5.91 Å². The molecular weight excluding hydrogens is 386 g/mol. The highest BCUT2D eigenvalue weighted by atomic mass is 79.9. The van der Waals surface area contributed by atoms with E-state index in [2.05, 4.69) is 47.1 Å². The van der Waals surface area contributed by atoms with Crippen molar-refractivity contribution in [2.75, 3.05) is 16.5 Å². The van der Waals surface area contributed by atoms with E-state index < -0.39 is 0 Å². The SMILES string of the molecule is Nc1c(NNC(=O)c2ccc(Br)cc2)ncnc1Nc1ccccn1. The first-order valence-corrected chi connectivity index (χ1v) is 8.03. The van der Waals surface area contributed by atoms with E-state index in [-0.39, 0.29) is 17.4 Å². The Kier molecular flexibility index (Phi) is 5.05. The molecule has 2 aromatic heterocycles. The van der Waals surface area contributed by atoms with Gasteiger partial charge in [-0.3, -0.25) is 15.6 Å². The topological polar surface area (TPSA) is 118 Å². The van der Waals surface area contributed by atoms with E-state index in [1.807, 2.05) is 6.07 Å². The summed E-state index contributed by atoms with van der Waals surface area (Å²) >= 11 is 3.32. The van der Waals surface area contributed by atoms with Crippen molar-refractivity contribution in [1.82, 2.24) is 20.4 Å². The molecule has 0 saturated heterocycles. The highest BCUT2D eigenvalue weighted by molar-refractivity contribution is 9.10. The van der Waals surface area contributed by atoms with Crippen LogP contribution in [-0.4, -0.2) is 20.9 Å². The van der Waals surface area contributed by atoms with Gasteiger partial charge < -0.3 is 11.1 Å². The Balaban J connectivity index is 1.69. The number of pyridine rings is 1. The number of nitrogens with zero attached hydrogens (tertiary/aromatic N) is 3. The number of hydrogen-bond donors (Lipinski definition) is 4. The van der Waals surface area contributed by atoms with Gasteiger partial charge in [0.2, 0.25) is 0 Å². The molecule has 8 nitrogen and oxygen atoms in total. The van der Waals surface area contributed by atoms with Crippen molar-refractivity contribution in [1.29, 1.82) is 0 Å². The molecule has 2 heterocycles. The molecule has 5 N–H and O–H groups in total. The lowest BCUT2D eigenvalue weighted by molar-refractivity contribution is 0.0962. The predicted molar refractivity (Wildman–Crippen MR) is 99.2 cm³/mol. The van der Waals surface area contributed by atoms with E-state index >= 15 is 0 Å². The first kappa shape index (κ1) is 16.7. The molecular formula is C16H14BrN7O. The average molecular weight is 400 g/mol. The second-order valence-corrected chi connectivity index (χ2v) is 5.83. The maximum atomic E-state index is 12.1. The summed E-state index contributed by atoms with van der Waals surface area (Å²) in [5, 5.41) is 2.99. The molecule has 0 unspecified atom stereocenters. The standard InChI is InChI=1S/C16H14BrN7O/c17-11-6-4-10(5-7-11)16(25)24-23-15-13(18)14(20-9-21-15)22-12-3-1-2-8-19-12/h1-9H,18H2,(H,24,25)(H2,19,20,21,22,23). The molecule has 3 rings (SSSR count). The van der Waals surface area contributed by atoms with Crippen molar-refractivity contribution in [2.24, 2.45) is 0 Å². The molecule has 0 spiro atoms. The fourth-order valence-corrected chi connectivity index (χ4v) is 2.21. The molecule has 0 aliphatic carbocycles. The highest BCUT2D eigenvalue weighted by Crippen LogP contribution is 2.24. The quantitative estimate of drug-likeness (QED) is 0.487. The van der Waals surface area contributed by atoms with Gasteiger partial charge in [-0.15, -0.1) is 0 Å². The summed E-state index contributed by atoms with van der Waals surface area (Å²) in [5.41, 5.74) is 12.0. The molecule has 25 heavy (non-hydrogen) atoms. The van der Waals surface area contributed by atoms with E-state index in [1.165, 1.54) is 6.33 Å². The molecule has 0 atom stereocenters. The Morgan fingerprint density at radius 1 is 1.00 bits per heavy atom. The first-order chi connectivity index (χ1) is 12.1. The molecule has 0 aliphatic rings. The number of hydrazine groups is 1. The lowest BCUT2D eigenvalue weighted by Crippen LogP contribution is -2.30. The van der Waals surface area contributed by atoms with Crippen molar-refractivity contribution < 1.29 is 4.79 Å². The maximum Gasteiger partial charge on any atom is 0.269 e. The number of nitrogens with one attached hydrogen (secondary N) is 3. The van der Waals surface area contributed by atoms with E-state index in [0.717, 1.165) is 4.47 Å². The summed E-state index contributed by atoms with van der Waals surface area (Å²) in [7, 11) is 0. The van der Waals surface area contributed by atoms with Crippen LogP contribution in [0.25, 0.3) is 0 Å². The molecule has 126 valence electrons. The Morgan fingerprint density at radius 2 is 1.76 bits per heavy atom. The second kappa shape index (κ2) is 7.58. The Bertz CT molecular complexity index is 871. The molecule has 9 heteroatoms. The summed E-state index contributed by atoms with van der Waals surface area (Å²) in [5.74, 6) is 0.940. The summed E-state index contributed by atoms with van der Waals surface area (Å²) < 4.78 is 0.891. The number of amides is 1.